The van der Waals surface area contributed by atoms with Crippen LogP contribution < -0.4 is 5.32 Å². The second kappa shape index (κ2) is 6.17. The van der Waals surface area contributed by atoms with Gasteiger partial charge in [-0.15, -0.1) is 11.3 Å². The zero-order valence-electron chi connectivity index (χ0n) is 12.7. The number of thiophene rings is 1. The summed E-state index contributed by atoms with van der Waals surface area (Å²) < 4.78 is 5.96. The van der Waals surface area contributed by atoms with E-state index in [1.807, 2.05) is 11.3 Å². The van der Waals surface area contributed by atoms with E-state index in [-0.39, 0.29) is 0 Å². The molecule has 0 amide bonds. The van der Waals surface area contributed by atoms with Gasteiger partial charge in [-0.2, -0.15) is 0 Å². The molecule has 2 aliphatic rings. The van der Waals surface area contributed by atoms with Crippen LogP contribution in [0.3, 0.4) is 0 Å². The standard InChI is InChI=1S/C17H27NOS/c1-3-7-13(14-8-5-11-20-14)18-15-12-16(19-4-2)17(15)9-6-10-17/h5,8,11,13,15-16,18H,3-4,6-7,9-10,12H2,1-2H3. The monoisotopic (exact) mass is 293 g/mol. The Labute approximate surface area is 126 Å². The van der Waals surface area contributed by atoms with Crippen molar-refractivity contribution in [2.24, 2.45) is 5.41 Å². The quantitative estimate of drug-likeness (QED) is 0.797. The summed E-state index contributed by atoms with van der Waals surface area (Å²) in [6.45, 7) is 5.27. The van der Waals surface area contributed by atoms with Crippen LogP contribution in [-0.2, 0) is 4.74 Å². The van der Waals surface area contributed by atoms with Crippen molar-refractivity contribution in [2.75, 3.05) is 6.61 Å². The van der Waals surface area contributed by atoms with Crippen LogP contribution in [0.5, 0.6) is 0 Å². The summed E-state index contributed by atoms with van der Waals surface area (Å²) in [5.74, 6) is 0. The van der Waals surface area contributed by atoms with Gasteiger partial charge in [0.05, 0.1) is 6.10 Å². The van der Waals surface area contributed by atoms with Gasteiger partial charge in [0.15, 0.2) is 0 Å². The van der Waals surface area contributed by atoms with Crippen LogP contribution in [0.1, 0.15) is 63.3 Å². The summed E-state index contributed by atoms with van der Waals surface area (Å²) in [5, 5.41) is 6.17. The van der Waals surface area contributed by atoms with Crippen molar-refractivity contribution in [3.8, 4) is 0 Å². The Balaban J connectivity index is 1.64. The Morgan fingerprint density at radius 1 is 1.45 bits per heavy atom. The Morgan fingerprint density at radius 3 is 2.85 bits per heavy atom. The van der Waals surface area contributed by atoms with Crippen LogP contribution in [0, 0.1) is 5.41 Å². The summed E-state index contributed by atoms with van der Waals surface area (Å²) >= 11 is 1.89. The molecule has 3 atom stereocenters. The Bertz CT molecular complexity index is 413. The lowest BCUT2D eigenvalue weighted by atomic mass is 9.51. The van der Waals surface area contributed by atoms with Crippen LogP contribution in [-0.4, -0.2) is 18.8 Å². The maximum atomic E-state index is 5.96. The molecule has 0 saturated heterocycles. The zero-order chi connectivity index (χ0) is 14.0. The van der Waals surface area contributed by atoms with Crippen LogP contribution in [0.15, 0.2) is 17.5 Å². The summed E-state index contributed by atoms with van der Waals surface area (Å²) in [5.41, 5.74) is 0.471. The molecule has 3 rings (SSSR count). The van der Waals surface area contributed by atoms with E-state index in [0.29, 0.717) is 23.6 Å². The highest BCUT2D eigenvalue weighted by Gasteiger charge is 2.59. The molecule has 1 aromatic heterocycles. The highest BCUT2D eigenvalue weighted by Crippen LogP contribution is 2.57. The van der Waals surface area contributed by atoms with E-state index in [0.717, 1.165) is 6.61 Å². The fraction of sp³-hybridized carbons (Fsp3) is 0.765. The molecule has 3 unspecified atom stereocenters. The number of hydrogen-bond acceptors (Lipinski definition) is 3. The largest absolute Gasteiger partial charge is 0.378 e. The zero-order valence-corrected chi connectivity index (χ0v) is 13.5. The van der Waals surface area contributed by atoms with E-state index in [4.69, 9.17) is 4.74 Å². The highest BCUT2D eigenvalue weighted by molar-refractivity contribution is 7.10. The fourth-order valence-electron chi connectivity index (χ4n) is 4.00. The van der Waals surface area contributed by atoms with Crippen LogP contribution >= 0.6 is 11.3 Å². The molecule has 0 aromatic carbocycles. The summed E-state index contributed by atoms with van der Waals surface area (Å²) in [7, 11) is 0. The molecule has 20 heavy (non-hydrogen) atoms. The Morgan fingerprint density at radius 2 is 2.30 bits per heavy atom. The van der Waals surface area contributed by atoms with Crippen molar-refractivity contribution in [1.82, 2.24) is 5.32 Å². The molecule has 1 aromatic rings. The molecule has 2 nitrogen and oxygen atoms in total. The molecule has 1 N–H and O–H groups in total. The third-order valence-corrected chi connectivity index (χ3v) is 6.29. The summed E-state index contributed by atoms with van der Waals surface area (Å²) in [4.78, 5) is 1.50. The van der Waals surface area contributed by atoms with E-state index in [1.54, 1.807) is 0 Å². The lowest BCUT2D eigenvalue weighted by Gasteiger charge is -2.61. The molecule has 0 bridgehead atoms. The third-order valence-electron chi connectivity index (χ3n) is 5.30. The molecule has 2 saturated carbocycles. The molecule has 0 aliphatic heterocycles. The van der Waals surface area contributed by atoms with Gasteiger partial charge in [-0.25, -0.2) is 0 Å². The van der Waals surface area contributed by atoms with Gasteiger partial charge in [0.25, 0.3) is 0 Å². The van der Waals surface area contributed by atoms with Gasteiger partial charge in [0.1, 0.15) is 0 Å². The van der Waals surface area contributed by atoms with Gasteiger partial charge >= 0.3 is 0 Å². The first-order valence-corrected chi connectivity index (χ1v) is 9.09. The van der Waals surface area contributed by atoms with Crippen molar-refractivity contribution in [2.45, 2.75) is 70.6 Å². The van der Waals surface area contributed by atoms with Gasteiger partial charge in [0.2, 0.25) is 0 Å². The van der Waals surface area contributed by atoms with E-state index in [9.17, 15) is 0 Å². The summed E-state index contributed by atoms with van der Waals surface area (Å²) in [6, 6.07) is 5.67. The van der Waals surface area contributed by atoms with Crippen molar-refractivity contribution in [3.63, 3.8) is 0 Å². The predicted octanol–water partition coefficient (Wildman–Crippen LogP) is 4.53. The van der Waals surface area contributed by atoms with Gasteiger partial charge in [-0.05, 0) is 44.1 Å². The fourth-order valence-corrected chi connectivity index (χ4v) is 4.82. The van der Waals surface area contributed by atoms with Crippen molar-refractivity contribution >= 4 is 11.3 Å². The predicted molar refractivity (Wildman–Crippen MR) is 85.2 cm³/mol. The Kier molecular flexibility index (Phi) is 4.49. The normalized spacial score (nSPS) is 28.9. The van der Waals surface area contributed by atoms with Gasteiger partial charge < -0.3 is 10.1 Å². The number of nitrogens with one attached hydrogen (secondary N) is 1. The third kappa shape index (κ3) is 2.44. The molecule has 3 heteroatoms. The molecule has 2 fully saturated rings. The van der Waals surface area contributed by atoms with Crippen LogP contribution in [0.4, 0.5) is 0 Å². The van der Waals surface area contributed by atoms with E-state index < -0.39 is 0 Å². The van der Waals surface area contributed by atoms with Gasteiger partial charge in [-0.1, -0.05) is 25.8 Å². The van der Waals surface area contributed by atoms with Crippen molar-refractivity contribution in [1.29, 1.82) is 0 Å². The first kappa shape index (κ1) is 14.6. The van der Waals surface area contributed by atoms with E-state index in [1.165, 1.54) is 43.4 Å². The molecule has 112 valence electrons. The van der Waals surface area contributed by atoms with E-state index in [2.05, 4.69) is 36.7 Å². The molecule has 1 heterocycles. The number of hydrogen-bond donors (Lipinski definition) is 1. The lowest BCUT2D eigenvalue weighted by Crippen LogP contribution is -2.67. The molecule has 1 spiro atoms. The summed E-state index contributed by atoms with van der Waals surface area (Å²) in [6.07, 6.45) is 8.32. The minimum absolute atomic E-state index is 0.471. The average Bonchev–Trinajstić information content (AvgIpc) is 2.88. The van der Waals surface area contributed by atoms with E-state index >= 15 is 0 Å². The van der Waals surface area contributed by atoms with Gasteiger partial charge in [0, 0.05) is 29.0 Å². The smallest absolute Gasteiger partial charge is 0.0661 e. The topological polar surface area (TPSA) is 21.3 Å². The second-order valence-corrected chi connectivity index (χ2v) is 7.32. The molecule has 2 aliphatic carbocycles. The number of ether oxygens (including phenoxy) is 1. The first-order chi connectivity index (χ1) is 9.80. The maximum Gasteiger partial charge on any atom is 0.0661 e. The number of rotatable bonds is 7. The Hall–Kier alpha value is -0.380. The molecular weight excluding hydrogens is 266 g/mol. The van der Waals surface area contributed by atoms with Gasteiger partial charge in [-0.3, -0.25) is 0 Å². The second-order valence-electron chi connectivity index (χ2n) is 6.34. The maximum absolute atomic E-state index is 5.96. The average molecular weight is 293 g/mol. The van der Waals surface area contributed by atoms with Crippen LogP contribution in [0.25, 0.3) is 0 Å². The molecular formula is C17H27NOS. The first-order valence-electron chi connectivity index (χ1n) is 8.21. The van der Waals surface area contributed by atoms with Crippen molar-refractivity contribution in [3.05, 3.63) is 22.4 Å². The SMILES string of the molecule is CCCC(NC1CC(OCC)C12CCC2)c1cccs1. The minimum atomic E-state index is 0.471. The van der Waals surface area contributed by atoms with Crippen LogP contribution in [0.2, 0.25) is 0 Å². The molecule has 0 radical (unpaired) electrons. The highest BCUT2D eigenvalue weighted by atomic mass is 32.1. The minimum Gasteiger partial charge on any atom is -0.378 e. The lowest BCUT2D eigenvalue weighted by molar-refractivity contribution is -0.175. The van der Waals surface area contributed by atoms with Crippen molar-refractivity contribution < 1.29 is 4.74 Å².